The minimum atomic E-state index is -3.63. The van der Waals surface area contributed by atoms with Crippen LogP contribution in [0.4, 0.5) is 0 Å². The molecule has 1 saturated carbocycles. The average molecular weight is 399 g/mol. The van der Waals surface area contributed by atoms with Crippen molar-refractivity contribution in [3.05, 3.63) is 51.2 Å². The molecule has 1 fully saturated rings. The van der Waals surface area contributed by atoms with Crippen LogP contribution in [0.1, 0.15) is 34.1 Å². The molecule has 134 valence electrons. The number of nitrogens with zero attached hydrogens (tertiary/aromatic N) is 1. The van der Waals surface area contributed by atoms with Crippen molar-refractivity contribution < 1.29 is 13.2 Å². The third-order valence-corrected chi connectivity index (χ3v) is 7.29. The summed E-state index contributed by atoms with van der Waals surface area (Å²) in [5.41, 5.74) is 0.173. The van der Waals surface area contributed by atoms with Crippen molar-refractivity contribution in [3.63, 3.8) is 0 Å². The van der Waals surface area contributed by atoms with Crippen LogP contribution in [0.15, 0.2) is 40.6 Å². The zero-order valence-corrected chi connectivity index (χ0v) is 16.3. The third kappa shape index (κ3) is 3.89. The van der Waals surface area contributed by atoms with Gasteiger partial charge in [0.05, 0.1) is 21.5 Å². The molecule has 1 unspecified atom stereocenters. The topological polar surface area (TPSA) is 66.5 Å². The van der Waals surface area contributed by atoms with Crippen LogP contribution in [-0.2, 0) is 10.0 Å². The Labute approximate surface area is 156 Å². The Hall–Kier alpha value is -1.41. The van der Waals surface area contributed by atoms with Crippen LogP contribution < -0.4 is 5.32 Å². The van der Waals surface area contributed by atoms with Gasteiger partial charge in [0.25, 0.3) is 5.91 Å². The Balaban J connectivity index is 1.89. The molecule has 25 heavy (non-hydrogen) atoms. The molecule has 0 aliphatic heterocycles. The van der Waals surface area contributed by atoms with E-state index in [-0.39, 0.29) is 27.4 Å². The molecule has 1 aliphatic rings. The van der Waals surface area contributed by atoms with E-state index in [9.17, 15) is 13.2 Å². The van der Waals surface area contributed by atoms with E-state index in [1.807, 2.05) is 17.5 Å². The van der Waals surface area contributed by atoms with Crippen LogP contribution in [0.5, 0.6) is 0 Å². The monoisotopic (exact) mass is 398 g/mol. The third-order valence-electron chi connectivity index (χ3n) is 4.19. The number of nitrogens with one attached hydrogen (secondary N) is 1. The second-order valence-corrected chi connectivity index (χ2v) is 9.77. The number of halogens is 1. The van der Waals surface area contributed by atoms with Gasteiger partial charge in [0, 0.05) is 19.0 Å². The molecule has 3 rings (SSSR count). The smallest absolute Gasteiger partial charge is 0.253 e. The molecule has 1 aromatic heterocycles. The van der Waals surface area contributed by atoms with Gasteiger partial charge in [0.2, 0.25) is 10.0 Å². The van der Waals surface area contributed by atoms with Crippen LogP contribution >= 0.6 is 22.9 Å². The Kier molecular flexibility index (Phi) is 5.20. The van der Waals surface area contributed by atoms with Crippen molar-refractivity contribution in [2.45, 2.75) is 23.8 Å². The van der Waals surface area contributed by atoms with Gasteiger partial charge in [-0.2, -0.15) is 0 Å². The van der Waals surface area contributed by atoms with Crippen LogP contribution in [-0.4, -0.2) is 32.7 Å². The molecule has 1 heterocycles. The summed E-state index contributed by atoms with van der Waals surface area (Å²) in [6.07, 6.45) is 2.15. The summed E-state index contributed by atoms with van der Waals surface area (Å²) in [4.78, 5) is 13.9. The Morgan fingerprint density at radius 1 is 1.32 bits per heavy atom. The minimum Gasteiger partial charge on any atom is -0.344 e. The van der Waals surface area contributed by atoms with Gasteiger partial charge in [-0.05, 0) is 48.4 Å². The normalized spacial score (nSPS) is 16.0. The van der Waals surface area contributed by atoms with Gasteiger partial charge in [-0.3, -0.25) is 4.79 Å². The molecule has 1 aromatic carbocycles. The molecule has 0 radical (unpaired) electrons. The Morgan fingerprint density at radius 2 is 2.04 bits per heavy atom. The largest absolute Gasteiger partial charge is 0.344 e. The maximum atomic E-state index is 12.8. The summed E-state index contributed by atoms with van der Waals surface area (Å²) in [6, 6.07) is 8.10. The molecular formula is C17H19ClN2O3S2. The molecule has 0 spiro atoms. The van der Waals surface area contributed by atoms with E-state index in [4.69, 9.17) is 11.6 Å². The van der Waals surface area contributed by atoms with E-state index < -0.39 is 10.0 Å². The number of hydrogen-bond acceptors (Lipinski definition) is 4. The van der Waals surface area contributed by atoms with Gasteiger partial charge < -0.3 is 5.32 Å². The zero-order chi connectivity index (χ0) is 18.2. The second kappa shape index (κ2) is 7.07. The maximum Gasteiger partial charge on any atom is 0.253 e. The number of amides is 1. The fourth-order valence-corrected chi connectivity index (χ4v) is 4.59. The molecule has 8 heteroatoms. The van der Waals surface area contributed by atoms with E-state index in [2.05, 4.69) is 5.32 Å². The van der Waals surface area contributed by atoms with Crippen LogP contribution in [0, 0.1) is 5.92 Å². The van der Waals surface area contributed by atoms with Gasteiger partial charge in [0.1, 0.15) is 0 Å². The summed E-state index contributed by atoms with van der Waals surface area (Å²) >= 11 is 7.76. The fraction of sp³-hybridized carbons (Fsp3) is 0.353. The zero-order valence-electron chi connectivity index (χ0n) is 13.9. The highest BCUT2D eigenvalue weighted by Crippen LogP contribution is 2.42. The summed E-state index contributed by atoms with van der Waals surface area (Å²) < 4.78 is 25.7. The van der Waals surface area contributed by atoms with E-state index >= 15 is 0 Å². The van der Waals surface area contributed by atoms with Crippen LogP contribution in [0.2, 0.25) is 5.02 Å². The van der Waals surface area contributed by atoms with Gasteiger partial charge in [-0.25, -0.2) is 12.7 Å². The number of rotatable bonds is 6. The molecule has 1 N–H and O–H groups in total. The maximum absolute atomic E-state index is 12.8. The van der Waals surface area contributed by atoms with Crippen molar-refractivity contribution in [2.24, 2.45) is 5.92 Å². The lowest BCUT2D eigenvalue weighted by molar-refractivity contribution is 0.0932. The summed E-state index contributed by atoms with van der Waals surface area (Å²) in [7, 11) is -0.733. The van der Waals surface area contributed by atoms with Crippen molar-refractivity contribution in [1.29, 1.82) is 0 Å². The number of sulfonamides is 1. The van der Waals surface area contributed by atoms with Crippen LogP contribution in [0.25, 0.3) is 0 Å². The Bertz CT molecular complexity index is 875. The first kappa shape index (κ1) is 18.4. The molecule has 2 aromatic rings. The van der Waals surface area contributed by atoms with E-state index in [0.29, 0.717) is 5.92 Å². The predicted molar refractivity (Wildman–Crippen MR) is 99.6 cm³/mol. The number of thiophene rings is 1. The minimum absolute atomic E-state index is 0.0474. The molecule has 1 amide bonds. The van der Waals surface area contributed by atoms with Crippen molar-refractivity contribution in [3.8, 4) is 0 Å². The average Bonchev–Trinajstić information content (AvgIpc) is 3.26. The van der Waals surface area contributed by atoms with E-state index in [1.54, 1.807) is 11.3 Å². The lowest BCUT2D eigenvalue weighted by atomic mass is 10.1. The molecule has 5 nitrogen and oxygen atoms in total. The highest BCUT2D eigenvalue weighted by atomic mass is 35.5. The van der Waals surface area contributed by atoms with Gasteiger partial charge in [-0.1, -0.05) is 17.7 Å². The SMILES string of the molecule is CN(C)S(=O)(=O)c1ccc(Cl)c(C(=O)NC(c2cccs2)C2CC2)c1. The first-order chi connectivity index (χ1) is 11.8. The van der Waals surface area contributed by atoms with Gasteiger partial charge in [0.15, 0.2) is 0 Å². The molecule has 1 aliphatic carbocycles. The van der Waals surface area contributed by atoms with Crippen molar-refractivity contribution >= 4 is 38.9 Å². The van der Waals surface area contributed by atoms with Gasteiger partial charge in [-0.15, -0.1) is 11.3 Å². The highest BCUT2D eigenvalue weighted by Gasteiger charge is 2.34. The lowest BCUT2D eigenvalue weighted by Crippen LogP contribution is -2.30. The number of hydrogen-bond donors (Lipinski definition) is 1. The van der Waals surface area contributed by atoms with Gasteiger partial charge >= 0.3 is 0 Å². The van der Waals surface area contributed by atoms with E-state index in [1.165, 1.54) is 32.3 Å². The summed E-state index contributed by atoms with van der Waals surface area (Å²) in [6.45, 7) is 0. The quantitative estimate of drug-likeness (QED) is 0.809. The molecule has 1 atom stereocenters. The summed E-state index contributed by atoms with van der Waals surface area (Å²) in [5.74, 6) is 0.0705. The molecule has 0 saturated heterocycles. The number of carbonyl (C=O) groups is 1. The fourth-order valence-electron chi connectivity index (χ4n) is 2.59. The predicted octanol–water partition coefficient (Wildman–Crippen LogP) is 3.53. The molecule has 0 bridgehead atoms. The second-order valence-electron chi connectivity index (χ2n) is 6.23. The number of carbonyl (C=O) groups excluding carboxylic acids is 1. The summed E-state index contributed by atoms with van der Waals surface area (Å²) in [5, 5.41) is 5.24. The van der Waals surface area contributed by atoms with Crippen molar-refractivity contribution in [1.82, 2.24) is 9.62 Å². The first-order valence-electron chi connectivity index (χ1n) is 7.87. The van der Waals surface area contributed by atoms with Crippen molar-refractivity contribution in [2.75, 3.05) is 14.1 Å². The van der Waals surface area contributed by atoms with E-state index in [0.717, 1.165) is 22.0 Å². The Morgan fingerprint density at radius 3 is 2.60 bits per heavy atom. The first-order valence-corrected chi connectivity index (χ1v) is 10.6. The lowest BCUT2D eigenvalue weighted by Gasteiger charge is -2.18. The number of benzene rings is 1. The standard InChI is InChI=1S/C17H19ClN2O3S2/c1-20(2)25(22,23)12-7-8-14(18)13(10-12)17(21)19-16(11-5-6-11)15-4-3-9-24-15/h3-4,7-11,16H,5-6H2,1-2H3,(H,19,21). The van der Waals surface area contributed by atoms with Crippen LogP contribution in [0.3, 0.4) is 0 Å². The highest BCUT2D eigenvalue weighted by molar-refractivity contribution is 7.89. The molecular weight excluding hydrogens is 380 g/mol.